The van der Waals surface area contributed by atoms with Crippen molar-refractivity contribution in [1.29, 1.82) is 0 Å². The molecule has 1 amide bonds. The summed E-state index contributed by atoms with van der Waals surface area (Å²) >= 11 is 0. The van der Waals surface area contributed by atoms with Crippen LogP contribution in [-0.2, 0) is 4.79 Å². The number of amides is 1. The standard InChI is InChI=1S/C16H34N2O/c1-4-6-7-8-9-10-11-12-14-18-15(19)16(3,17)13-5-2/h4-14,17H2,1-3H3,(H,18,19). The Morgan fingerprint density at radius 3 is 2.00 bits per heavy atom. The van der Waals surface area contributed by atoms with Gasteiger partial charge in [0.25, 0.3) is 0 Å². The van der Waals surface area contributed by atoms with Crippen LogP contribution in [0.2, 0.25) is 0 Å². The molecule has 19 heavy (non-hydrogen) atoms. The Morgan fingerprint density at radius 2 is 1.47 bits per heavy atom. The molecule has 0 heterocycles. The van der Waals surface area contributed by atoms with Gasteiger partial charge in [0, 0.05) is 6.54 Å². The fourth-order valence-electron chi connectivity index (χ4n) is 2.30. The number of carbonyl (C=O) groups is 1. The van der Waals surface area contributed by atoms with E-state index in [-0.39, 0.29) is 5.91 Å². The molecule has 0 saturated carbocycles. The molecule has 0 radical (unpaired) electrons. The van der Waals surface area contributed by atoms with Crippen LogP contribution in [0.3, 0.4) is 0 Å². The minimum absolute atomic E-state index is 0.00250. The summed E-state index contributed by atoms with van der Waals surface area (Å²) in [6, 6.07) is 0. The maximum atomic E-state index is 11.8. The van der Waals surface area contributed by atoms with Crippen molar-refractivity contribution in [1.82, 2.24) is 5.32 Å². The van der Waals surface area contributed by atoms with Gasteiger partial charge in [0.2, 0.25) is 5.91 Å². The minimum Gasteiger partial charge on any atom is -0.355 e. The molecule has 3 heteroatoms. The van der Waals surface area contributed by atoms with Crippen LogP contribution in [-0.4, -0.2) is 18.0 Å². The van der Waals surface area contributed by atoms with E-state index in [0.29, 0.717) is 0 Å². The van der Waals surface area contributed by atoms with Gasteiger partial charge >= 0.3 is 0 Å². The first-order valence-corrected chi connectivity index (χ1v) is 8.11. The van der Waals surface area contributed by atoms with E-state index in [1.54, 1.807) is 0 Å². The van der Waals surface area contributed by atoms with E-state index in [0.717, 1.165) is 25.8 Å². The first-order valence-electron chi connectivity index (χ1n) is 8.11. The predicted octanol–water partition coefficient (Wildman–Crippen LogP) is 3.76. The van der Waals surface area contributed by atoms with Crippen LogP contribution >= 0.6 is 0 Å². The highest BCUT2D eigenvalue weighted by molar-refractivity contribution is 5.85. The highest BCUT2D eigenvalue weighted by Gasteiger charge is 2.26. The summed E-state index contributed by atoms with van der Waals surface area (Å²) in [4.78, 5) is 11.8. The van der Waals surface area contributed by atoms with Crippen LogP contribution in [0.1, 0.15) is 85.0 Å². The molecule has 0 aromatic rings. The maximum Gasteiger partial charge on any atom is 0.239 e. The van der Waals surface area contributed by atoms with Gasteiger partial charge in [-0.1, -0.05) is 65.2 Å². The minimum atomic E-state index is -0.700. The second-order valence-electron chi connectivity index (χ2n) is 5.90. The van der Waals surface area contributed by atoms with Crippen LogP contribution < -0.4 is 11.1 Å². The zero-order valence-electron chi connectivity index (χ0n) is 13.3. The van der Waals surface area contributed by atoms with Crippen molar-refractivity contribution in [2.45, 2.75) is 90.5 Å². The molecule has 114 valence electrons. The Hall–Kier alpha value is -0.570. The van der Waals surface area contributed by atoms with Gasteiger partial charge in [0.15, 0.2) is 0 Å². The van der Waals surface area contributed by atoms with Crippen LogP contribution in [0.25, 0.3) is 0 Å². The average Bonchev–Trinajstić information content (AvgIpc) is 2.36. The third-order valence-electron chi connectivity index (χ3n) is 3.60. The van der Waals surface area contributed by atoms with E-state index in [1.165, 1.54) is 44.9 Å². The number of nitrogens with two attached hydrogens (primary N) is 1. The fourth-order valence-corrected chi connectivity index (χ4v) is 2.30. The quantitative estimate of drug-likeness (QED) is 0.530. The normalized spacial score (nSPS) is 14.1. The van der Waals surface area contributed by atoms with Crippen molar-refractivity contribution in [3.05, 3.63) is 0 Å². The van der Waals surface area contributed by atoms with E-state index in [4.69, 9.17) is 5.73 Å². The third-order valence-corrected chi connectivity index (χ3v) is 3.60. The van der Waals surface area contributed by atoms with Gasteiger partial charge < -0.3 is 11.1 Å². The van der Waals surface area contributed by atoms with Gasteiger partial charge in [0.1, 0.15) is 0 Å². The Labute approximate surface area is 119 Å². The van der Waals surface area contributed by atoms with Gasteiger partial charge in [-0.2, -0.15) is 0 Å². The van der Waals surface area contributed by atoms with Gasteiger partial charge in [-0.25, -0.2) is 0 Å². The summed E-state index contributed by atoms with van der Waals surface area (Å²) in [5.74, 6) is -0.00250. The summed E-state index contributed by atoms with van der Waals surface area (Å²) < 4.78 is 0. The lowest BCUT2D eigenvalue weighted by Crippen LogP contribution is -2.51. The molecular formula is C16H34N2O. The molecule has 1 atom stereocenters. The first-order chi connectivity index (χ1) is 9.04. The summed E-state index contributed by atoms with van der Waals surface area (Å²) in [6.45, 7) is 6.88. The molecule has 0 fully saturated rings. The summed E-state index contributed by atoms with van der Waals surface area (Å²) in [6.07, 6.45) is 12.0. The van der Waals surface area contributed by atoms with Crippen LogP contribution in [0, 0.1) is 0 Å². The Kier molecular flexibility index (Phi) is 10.9. The smallest absolute Gasteiger partial charge is 0.239 e. The molecule has 0 aliphatic heterocycles. The Morgan fingerprint density at radius 1 is 0.947 bits per heavy atom. The van der Waals surface area contributed by atoms with Gasteiger partial charge in [-0.3, -0.25) is 4.79 Å². The number of rotatable bonds is 12. The van der Waals surface area contributed by atoms with Crippen molar-refractivity contribution in [3.8, 4) is 0 Å². The lowest BCUT2D eigenvalue weighted by molar-refractivity contribution is -0.126. The highest BCUT2D eigenvalue weighted by atomic mass is 16.2. The molecule has 0 bridgehead atoms. The van der Waals surface area contributed by atoms with E-state index >= 15 is 0 Å². The van der Waals surface area contributed by atoms with Gasteiger partial charge in [-0.15, -0.1) is 0 Å². The Bertz CT molecular complexity index is 227. The lowest BCUT2D eigenvalue weighted by Gasteiger charge is -2.22. The lowest BCUT2D eigenvalue weighted by atomic mass is 9.96. The van der Waals surface area contributed by atoms with Crippen molar-refractivity contribution in [2.24, 2.45) is 5.73 Å². The van der Waals surface area contributed by atoms with Crippen molar-refractivity contribution >= 4 is 5.91 Å². The van der Waals surface area contributed by atoms with E-state index in [2.05, 4.69) is 19.2 Å². The summed E-state index contributed by atoms with van der Waals surface area (Å²) in [5.41, 5.74) is 5.27. The van der Waals surface area contributed by atoms with Crippen molar-refractivity contribution in [3.63, 3.8) is 0 Å². The molecule has 0 aromatic heterocycles. The molecular weight excluding hydrogens is 236 g/mol. The monoisotopic (exact) mass is 270 g/mol. The van der Waals surface area contributed by atoms with Gasteiger partial charge in [0.05, 0.1) is 5.54 Å². The zero-order valence-corrected chi connectivity index (χ0v) is 13.3. The topological polar surface area (TPSA) is 55.1 Å². The molecule has 0 saturated heterocycles. The van der Waals surface area contributed by atoms with Crippen LogP contribution in [0.5, 0.6) is 0 Å². The fraction of sp³-hybridized carbons (Fsp3) is 0.938. The summed E-state index contributed by atoms with van der Waals surface area (Å²) in [5, 5.41) is 2.96. The van der Waals surface area contributed by atoms with E-state index < -0.39 is 5.54 Å². The number of hydrogen-bond acceptors (Lipinski definition) is 2. The largest absolute Gasteiger partial charge is 0.355 e. The number of carbonyl (C=O) groups excluding carboxylic acids is 1. The predicted molar refractivity (Wildman–Crippen MR) is 83.1 cm³/mol. The maximum absolute atomic E-state index is 11.8. The number of hydrogen-bond donors (Lipinski definition) is 2. The van der Waals surface area contributed by atoms with E-state index in [1.807, 2.05) is 6.92 Å². The molecule has 3 N–H and O–H groups in total. The Balaban J connectivity index is 3.41. The molecule has 1 unspecified atom stereocenters. The zero-order chi connectivity index (χ0) is 14.6. The molecule has 0 rings (SSSR count). The van der Waals surface area contributed by atoms with Crippen molar-refractivity contribution < 1.29 is 4.79 Å². The number of nitrogens with one attached hydrogen (secondary N) is 1. The van der Waals surface area contributed by atoms with Crippen LogP contribution in [0.4, 0.5) is 0 Å². The molecule has 0 aliphatic rings. The SMILES string of the molecule is CCCCCCCCCCNC(=O)C(C)(N)CCC. The van der Waals surface area contributed by atoms with E-state index in [9.17, 15) is 4.79 Å². The highest BCUT2D eigenvalue weighted by Crippen LogP contribution is 2.09. The average molecular weight is 270 g/mol. The second kappa shape index (κ2) is 11.3. The molecule has 0 spiro atoms. The first kappa shape index (κ1) is 18.4. The number of unbranched alkanes of at least 4 members (excludes halogenated alkanes) is 7. The summed E-state index contributed by atoms with van der Waals surface area (Å²) in [7, 11) is 0. The van der Waals surface area contributed by atoms with Gasteiger partial charge in [-0.05, 0) is 19.8 Å². The van der Waals surface area contributed by atoms with Crippen molar-refractivity contribution in [2.75, 3.05) is 6.54 Å². The molecule has 0 aliphatic carbocycles. The second-order valence-corrected chi connectivity index (χ2v) is 5.90. The molecule has 3 nitrogen and oxygen atoms in total. The van der Waals surface area contributed by atoms with Crippen LogP contribution in [0.15, 0.2) is 0 Å². The molecule has 0 aromatic carbocycles. The third kappa shape index (κ3) is 9.94.